The molecule has 4 heterocycles. The van der Waals surface area contributed by atoms with Crippen LogP contribution in [0.25, 0.3) is 22.4 Å². The SMILES string of the molecule is O=C(Cn1cccn1)N1CCCC[C@H]1c1nnc(-c2nccc3ccccc23)o1. The molecule has 3 aromatic heterocycles. The van der Waals surface area contributed by atoms with Crippen molar-refractivity contribution in [2.75, 3.05) is 6.54 Å². The van der Waals surface area contributed by atoms with Crippen molar-refractivity contribution in [2.24, 2.45) is 0 Å². The van der Waals surface area contributed by atoms with Gasteiger partial charge in [-0.05, 0) is 36.8 Å². The number of nitrogens with zero attached hydrogens (tertiary/aromatic N) is 6. The predicted octanol–water partition coefficient (Wildman–Crippen LogP) is 3.24. The van der Waals surface area contributed by atoms with Crippen LogP contribution in [0.1, 0.15) is 31.2 Å². The number of amides is 1. The lowest BCUT2D eigenvalue weighted by Gasteiger charge is -2.33. The number of hydrogen-bond donors (Lipinski definition) is 0. The van der Waals surface area contributed by atoms with Gasteiger partial charge in [0.05, 0.1) is 0 Å². The van der Waals surface area contributed by atoms with Crippen LogP contribution in [0.15, 0.2) is 59.4 Å². The third-order valence-electron chi connectivity index (χ3n) is 5.28. The zero-order valence-corrected chi connectivity index (χ0v) is 15.8. The van der Waals surface area contributed by atoms with Crippen LogP contribution in [0.3, 0.4) is 0 Å². The fourth-order valence-corrected chi connectivity index (χ4v) is 3.87. The molecule has 0 spiro atoms. The molecule has 0 N–H and O–H groups in total. The Labute approximate surface area is 167 Å². The molecule has 8 nitrogen and oxygen atoms in total. The summed E-state index contributed by atoms with van der Waals surface area (Å²) in [5, 5.41) is 14.7. The lowest BCUT2D eigenvalue weighted by molar-refractivity contribution is -0.136. The van der Waals surface area contributed by atoms with Gasteiger partial charge in [-0.3, -0.25) is 14.5 Å². The van der Waals surface area contributed by atoms with Gasteiger partial charge in [0.2, 0.25) is 11.8 Å². The molecule has 1 atom stereocenters. The van der Waals surface area contributed by atoms with Crippen molar-refractivity contribution in [2.45, 2.75) is 31.8 Å². The lowest BCUT2D eigenvalue weighted by Crippen LogP contribution is -2.40. The molecule has 0 saturated carbocycles. The highest BCUT2D eigenvalue weighted by molar-refractivity contribution is 5.92. The van der Waals surface area contributed by atoms with Gasteiger partial charge in [0.15, 0.2) is 0 Å². The van der Waals surface area contributed by atoms with Crippen molar-refractivity contribution < 1.29 is 9.21 Å². The zero-order valence-electron chi connectivity index (χ0n) is 15.8. The summed E-state index contributed by atoms with van der Waals surface area (Å²) in [6.45, 7) is 0.879. The van der Waals surface area contributed by atoms with E-state index in [4.69, 9.17) is 4.42 Å². The van der Waals surface area contributed by atoms with Gasteiger partial charge in [-0.1, -0.05) is 24.3 Å². The van der Waals surface area contributed by atoms with Gasteiger partial charge in [0.25, 0.3) is 5.89 Å². The molecule has 1 aliphatic rings. The first kappa shape index (κ1) is 17.5. The highest BCUT2D eigenvalue weighted by Gasteiger charge is 2.32. The van der Waals surface area contributed by atoms with E-state index in [9.17, 15) is 4.79 Å². The Balaban J connectivity index is 1.44. The van der Waals surface area contributed by atoms with E-state index in [-0.39, 0.29) is 18.5 Å². The van der Waals surface area contributed by atoms with E-state index in [2.05, 4.69) is 20.3 Å². The van der Waals surface area contributed by atoms with Crippen molar-refractivity contribution in [3.8, 4) is 11.6 Å². The Kier molecular flexibility index (Phi) is 4.51. The van der Waals surface area contributed by atoms with Crippen molar-refractivity contribution in [3.63, 3.8) is 0 Å². The highest BCUT2D eigenvalue weighted by Crippen LogP contribution is 2.33. The fraction of sp³-hybridized carbons (Fsp3) is 0.286. The number of hydrogen-bond acceptors (Lipinski definition) is 6. The second-order valence-electron chi connectivity index (χ2n) is 7.13. The van der Waals surface area contributed by atoms with E-state index in [1.165, 1.54) is 0 Å². The summed E-state index contributed by atoms with van der Waals surface area (Å²) in [5.74, 6) is 0.839. The summed E-state index contributed by atoms with van der Waals surface area (Å²) in [7, 11) is 0. The summed E-state index contributed by atoms with van der Waals surface area (Å²) in [5.41, 5.74) is 0.659. The van der Waals surface area contributed by atoms with Crippen molar-refractivity contribution in [3.05, 3.63) is 60.9 Å². The van der Waals surface area contributed by atoms with E-state index in [1.807, 2.05) is 41.3 Å². The fourth-order valence-electron chi connectivity index (χ4n) is 3.87. The number of aromatic nitrogens is 5. The molecular formula is C21H20N6O2. The molecule has 0 unspecified atom stereocenters. The van der Waals surface area contributed by atoms with Gasteiger partial charge in [0, 0.05) is 30.5 Å². The summed E-state index contributed by atoms with van der Waals surface area (Å²) >= 11 is 0. The van der Waals surface area contributed by atoms with Gasteiger partial charge in [0.1, 0.15) is 18.3 Å². The van der Waals surface area contributed by atoms with E-state index >= 15 is 0 Å². The van der Waals surface area contributed by atoms with Gasteiger partial charge < -0.3 is 9.32 Å². The average Bonchev–Trinajstić information content (AvgIpc) is 3.45. The standard InChI is InChI=1S/C21H20N6O2/c28-18(14-26-12-5-10-23-26)27-13-4-3-8-17(27)20-24-25-21(29-20)19-16-7-2-1-6-15(16)9-11-22-19/h1-2,5-7,9-12,17H,3-4,8,13-14H2/t17-/m0/s1. The topological polar surface area (TPSA) is 89.9 Å². The number of benzene rings is 1. The number of pyridine rings is 1. The van der Waals surface area contributed by atoms with E-state index in [0.29, 0.717) is 24.0 Å². The summed E-state index contributed by atoms with van der Waals surface area (Å²) in [6, 6.07) is 11.5. The maximum Gasteiger partial charge on any atom is 0.267 e. The third-order valence-corrected chi connectivity index (χ3v) is 5.28. The maximum absolute atomic E-state index is 12.9. The molecular weight excluding hydrogens is 368 g/mol. The van der Waals surface area contributed by atoms with Crippen LogP contribution >= 0.6 is 0 Å². The first-order valence-electron chi connectivity index (χ1n) is 9.74. The van der Waals surface area contributed by atoms with Gasteiger partial charge in [-0.25, -0.2) is 0 Å². The smallest absolute Gasteiger partial charge is 0.267 e. The monoisotopic (exact) mass is 388 g/mol. The van der Waals surface area contributed by atoms with Crippen LogP contribution in [0.2, 0.25) is 0 Å². The molecule has 146 valence electrons. The molecule has 29 heavy (non-hydrogen) atoms. The molecule has 1 aliphatic heterocycles. The molecule has 1 saturated heterocycles. The quantitative estimate of drug-likeness (QED) is 0.533. The molecule has 1 aromatic carbocycles. The van der Waals surface area contributed by atoms with E-state index in [1.54, 1.807) is 23.3 Å². The van der Waals surface area contributed by atoms with Crippen LogP contribution in [-0.4, -0.2) is 42.3 Å². The van der Waals surface area contributed by atoms with E-state index < -0.39 is 0 Å². The summed E-state index contributed by atoms with van der Waals surface area (Å²) in [6.07, 6.45) is 7.97. The Morgan fingerprint density at radius 3 is 2.93 bits per heavy atom. The molecule has 4 aromatic rings. The Bertz CT molecular complexity index is 1130. The van der Waals surface area contributed by atoms with Crippen molar-refractivity contribution in [1.82, 2.24) is 29.9 Å². The van der Waals surface area contributed by atoms with Gasteiger partial charge in [-0.15, -0.1) is 10.2 Å². The molecule has 0 bridgehead atoms. The Hall–Kier alpha value is -3.55. The molecule has 0 aliphatic carbocycles. The first-order chi connectivity index (χ1) is 14.3. The minimum absolute atomic E-state index is 0.00133. The minimum atomic E-state index is -0.219. The number of likely N-dealkylation sites (tertiary alicyclic amines) is 1. The third kappa shape index (κ3) is 3.37. The van der Waals surface area contributed by atoms with Crippen molar-refractivity contribution >= 4 is 16.7 Å². The van der Waals surface area contributed by atoms with Gasteiger partial charge in [-0.2, -0.15) is 5.10 Å². The summed E-state index contributed by atoms with van der Waals surface area (Å²) in [4.78, 5) is 19.1. The Morgan fingerprint density at radius 1 is 1.10 bits per heavy atom. The molecule has 5 rings (SSSR count). The summed E-state index contributed by atoms with van der Waals surface area (Å²) < 4.78 is 7.66. The highest BCUT2D eigenvalue weighted by atomic mass is 16.4. The molecule has 1 amide bonds. The molecule has 0 radical (unpaired) electrons. The number of carbonyl (C=O) groups is 1. The number of fused-ring (bicyclic) bond motifs is 1. The lowest BCUT2D eigenvalue weighted by atomic mass is 10.0. The zero-order chi connectivity index (χ0) is 19.6. The van der Waals surface area contributed by atoms with Crippen LogP contribution in [0.5, 0.6) is 0 Å². The van der Waals surface area contributed by atoms with Crippen LogP contribution < -0.4 is 0 Å². The largest absolute Gasteiger partial charge is 0.417 e. The van der Waals surface area contributed by atoms with Crippen LogP contribution in [-0.2, 0) is 11.3 Å². The van der Waals surface area contributed by atoms with E-state index in [0.717, 1.165) is 30.0 Å². The number of piperidine rings is 1. The van der Waals surface area contributed by atoms with Crippen LogP contribution in [0.4, 0.5) is 0 Å². The van der Waals surface area contributed by atoms with Crippen molar-refractivity contribution in [1.29, 1.82) is 0 Å². The number of rotatable bonds is 4. The average molecular weight is 388 g/mol. The van der Waals surface area contributed by atoms with Crippen LogP contribution in [0, 0.1) is 0 Å². The second-order valence-corrected chi connectivity index (χ2v) is 7.13. The first-order valence-corrected chi connectivity index (χ1v) is 9.74. The Morgan fingerprint density at radius 2 is 2.03 bits per heavy atom. The molecule has 1 fully saturated rings. The second kappa shape index (κ2) is 7.46. The minimum Gasteiger partial charge on any atom is -0.417 e. The maximum atomic E-state index is 12.9. The predicted molar refractivity (Wildman–Crippen MR) is 106 cm³/mol. The normalized spacial score (nSPS) is 17.0. The van der Waals surface area contributed by atoms with Gasteiger partial charge >= 0.3 is 0 Å². The molecule has 8 heteroatoms. The number of carbonyl (C=O) groups excluding carboxylic acids is 1.